The van der Waals surface area contributed by atoms with Gasteiger partial charge >= 0.3 is 0 Å². The second-order valence-electron chi connectivity index (χ2n) is 3.38. The van der Waals surface area contributed by atoms with Crippen LogP contribution in [0.25, 0.3) is 0 Å². The van der Waals surface area contributed by atoms with Crippen LogP contribution in [-0.4, -0.2) is 0 Å². The SMILES string of the molecule is CC(C)CC(N)c1ccc(Cl)s1. The zero-order valence-electron chi connectivity index (χ0n) is 7.38. The third-order valence-electron chi connectivity index (χ3n) is 1.68. The molecule has 1 aromatic heterocycles. The lowest BCUT2D eigenvalue weighted by Gasteiger charge is -2.11. The Kier molecular flexibility index (Phi) is 3.56. The Labute approximate surface area is 82.5 Å². The molecule has 0 fully saturated rings. The molecule has 2 N–H and O–H groups in total. The molecule has 1 heterocycles. The van der Waals surface area contributed by atoms with Crippen LogP contribution in [0, 0.1) is 5.92 Å². The van der Waals surface area contributed by atoms with Crippen LogP contribution in [0.2, 0.25) is 4.34 Å². The Bertz CT molecular complexity index is 244. The van der Waals surface area contributed by atoms with Gasteiger partial charge in [-0.3, -0.25) is 0 Å². The molecule has 1 nitrogen and oxygen atoms in total. The molecule has 0 amide bonds. The maximum absolute atomic E-state index is 5.96. The van der Waals surface area contributed by atoms with Gasteiger partial charge in [-0.15, -0.1) is 11.3 Å². The molecule has 12 heavy (non-hydrogen) atoms. The molecule has 0 aliphatic rings. The van der Waals surface area contributed by atoms with Crippen LogP contribution >= 0.6 is 22.9 Å². The second-order valence-corrected chi connectivity index (χ2v) is 5.12. The summed E-state index contributed by atoms with van der Waals surface area (Å²) in [6, 6.07) is 4.07. The first-order chi connectivity index (χ1) is 5.59. The van der Waals surface area contributed by atoms with E-state index < -0.39 is 0 Å². The molecule has 3 heteroatoms. The molecule has 1 rings (SSSR count). The van der Waals surface area contributed by atoms with Gasteiger partial charge in [0.25, 0.3) is 0 Å². The van der Waals surface area contributed by atoms with Crippen molar-refractivity contribution in [2.75, 3.05) is 0 Å². The van der Waals surface area contributed by atoms with Crippen molar-refractivity contribution >= 4 is 22.9 Å². The summed E-state index contributed by atoms with van der Waals surface area (Å²) in [5, 5.41) is 0. The highest BCUT2D eigenvalue weighted by Gasteiger charge is 2.09. The predicted molar refractivity (Wildman–Crippen MR) is 55.7 cm³/mol. The van der Waals surface area contributed by atoms with Crippen LogP contribution in [0.1, 0.15) is 31.2 Å². The normalized spacial score (nSPS) is 13.8. The summed E-state index contributed by atoms with van der Waals surface area (Å²) in [5.74, 6) is 0.640. The molecule has 0 bridgehead atoms. The number of hydrogen-bond acceptors (Lipinski definition) is 2. The molecule has 1 atom stereocenters. The second kappa shape index (κ2) is 4.26. The Morgan fingerprint density at radius 3 is 2.58 bits per heavy atom. The van der Waals surface area contributed by atoms with Crippen molar-refractivity contribution in [3.05, 3.63) is 21.3 Å². The first kappa shape index (κ1) is 10.0. The third-order valence-corrected chi connectivity index (χ3v) is 3.05. The van der Waals surface area contributed by atoms with Gasteiger partial charge in [-0.25, -0.2) is 0 Å². The summed E-state index contributed by atoms with van der Waals surface area (Å²) in [5.41, 5.74) is 5.96. The van der Waals surface area contributed by atoms with E-state index in [4.69, 9.17) is 17.3 Å². The topological polar surface area (TPSA) is 26.0 Å². The molecule has 0 spiro atoms. The molecule has 1 aromatic rings. The summed E-state index contributed by atoms with van der Waals surface area (Å²) >= 11 is 7.38. The fourth-order valence-electron chi connectivity index (χ4n) is 1.15. The minimum Gasteiger partial charge on any atom is -0.323 e. The van der Waals surface area contributed by atoms with E-state index in [9.17, 15) is 0 Å². The molecule has 1 unspecified atom stereocenters. The van der Waals surface area contributed by atoms with Crippen molar-refractivity contribution in [2.45, 2.75) is 26.3 Å². The summed E-state index contributed by atoms with van der Waals surface area (Å²) in [4.78, 5) is 1.19. The summed E-state index contributed by atoms with van der Waals surface area (Å²) in [6.45, 7) is 4.35. The first-order valence-electron chi connectivity index (χ1n) is 4.10. The van der Waals surface area contributed by atoms with Crippen LogP contribution in [-0.2, 0) is 0 Å². The van der Waals surface area contributed by atoms with Crippen LogP contribution in [0.5, 0.6) is 0 Å². The molecule has 68 valence electrons. The number of thiophene rings is 1. The first-order valence-corrected chi connectivity index (χ1v) is 5.30. The highest BCUT2D eigenvalue weighted by Crippen LogP contribution is 2.28. The summed E-state index contributed by atoms with van der Waals surface area (Å²) < 4.78 is 0.823. The molecule has 0 aromatic carbocycles. The van der Waals surface area contributed by atoms with Crippen LogP contribution < -0.4 is 5.73 Å². The average Bonchev–Trinajstić information content (AvgIpc) is 2.34. The molecule has 0 aliphatic carbocycles. The van der Waals surface area contributed by atoms with E-state index in [0.29, 0.717) is 5.92 Å². The maximum Gasteiger partial charge on any atom is 0.0931 e. The highest BCUT2D eigenvalue weighted by atomic mass is 35.5. The molecular formula is C9H14ClNS. The number of rotatable bonds is 3. The number of hydrogen-bond donors (Lipinski definition) is 1. The Morgan fingerprint density at radius 1 is 1.50 bits per heavy atom. The van der Waals surface area contributed by atoms with Gasteiger partial charge in [-0.1, -0.05) is 25.4 Å². The molecule has 0 aliphatic heterocycles. The highest BCUT2D eigenvalue weighted by molar-refractivity contribution is 7.16. The summed E-state index contributed by atoms with van der Waals surface area (Å²) in [6.07, 6.45) is 1.02. The van der Waals surface area contributed by atoms with Gasteiger partial charge in [0, 0.05) is 10.9 Å². The van der Waals surface area contributed by atoms with Crippen molar-refractivity contribution in [1.29, 1.82) is 0 Å². The zero-order valence-corrected chi connectivity index (χ0v) is 8.95. The van der Waals surface area contributed by atoms with E-state index in [-0.39, 0.29) is 6.04 Å². The van der Waals surface area contributed by atoms with Gasteiger partial charge in [0.05, 0.1) is 4.34 Å². The van der Waals surface area contributed by atoms with E-state index in [0.717, 1.165) is 10.8 Å². The van der Waals surface area contributed by atoms with Gasteiger partial charge in [-0.05, 0) is 24.5 Å². The number of nitrogens with two attached hydrogens (primary N) is 1. The lowest BCUT2D eigenvalue weighted by molar-refractivity contribution is 0.515. The lowest BCUT2D eigenvalue weighted by Crippen LogP contribution is -2.11. The van der Waals surface area contributed by atoms with Gasteiger partial charge < -0.3 is 5.73 Å². The van der Waals surface area contributed by atoms with Gasteiger partial charge in [0.2, 0.25) is 0 Å². The molecule has 0 saturated carbocycles. The van der Waals surface area contributed by atoms with Gasteiger partial charge in [0.15, 0.2) is 0 Å². The van der Waals surface area contributed by atoms with E-state index in [1.54, 1.807) is 11.3 Å². The van der Waals surface area contributed by atoms with Crippen LogP contribution in [0.15, 0.2) is 12.1 Å². The Balaban J connectivity index is 2.58. The van der Waals surface area contributed by atoms with Crippen molar-refractivity contribution < 1.29 is 0 Å². The summed E-state index contributed by atoms with van der Waals surface area (Å²) in [7, 11) is 0. The molecule has 0 saturated heterocycles. The van der Waals surface area contributed by atoms with Crippen molar-refractivity contribution in [3.63, 3.8) is 0 Å². The van der Waals surface area contributed by atoms with E-state index in [1.165, 1.54) is 4.88 Å². The quantitative estimate of drug-likeness (QED) is 0.800. The largest absolute Gasteiger partial charge is 0.323 e. The smallest absolute Gasteiger partial charge is 0.0931 e. The Morgan fingerprint density at radius 2 is 2.17 bits per heavy atom. The van der Waals surface area contributed by atoms with E-state index >= 15 is 0 Å². The minimum atomic E-state index is 0.155. The average molecular weight is 204 g/mol. The van der Waals surface area contributed by atoms with Crippen molar-refractivity contribution in [2.24, 2.45) is 11.7 Å². The van der Waals surface area contributed by atoms with Crippen molar-refractivity contribution in [1.82, 2.24) is 0 Å². The lowest BCUT2D eigenvalue weighted by atomic mass is 10.0. The monoisotopic (exact) mass is 203 g/mol. The minimum absolute atomic E-state index is 0.155. The predicted octanol–water partition coefficient (Wildman–Crippen LogP) is 3.45. The van der Waals surface area contributed by atoms with Crippen molar-refractivity contribution in [3.8, 4) is 0 Å². The standard InChI is InChI=1S/C9H14ClNS/c1-6(2)5-7(11)8-3-4-9(10)12-8/h3-4,6-7H,5,11H2,1-2H3. The number of halogens is 1. The fraction of sp³-hybridized carbons (Fsp3) is 0.556. The van der Waals surface area contributed by atoms with Crippen LogP contribution in [0.3, 0.4) is 0 Å². The van der Waals surface area contributed by atoms with E-state index in [2.05, 4.69) is 13.8 Å². The molecular weight excluding hydrogens is 190 g/mol. The maximum atomic E-state index is 5.96. The van der Waals surface area contributed by atoms with Gasteiger partial charge in [0.1, 0.15) is 0 Å². The Hall–Kier alpha value is -0.0500. The third kappa shape index (κ3) is 2.77. The zero-order chi connectivity index (χ0) is 9.14. The van der Waals surface area contributed by atoms with E-state index in [1.807, 2.05) is 12.1 Å². The fourth-order valence-corrected chi connectivity index (χ4v) is 2.23. The van der Waals surface area contributed by atoms with Gasteiger partial charge in [-0.2, -0.15) is 0 Å². The van der Waals surface area contributed by atoms with Crippen LogP contribution in [0.4, 0.5) is 0 Å². The molecule has 0 radical (unpaired) electrons.